The minimum Gasteiger partial charge on any atom is -0.450 e. The number of amides is 12. The first-order valence-electron chi connectivity index (χ1n) is 48.0. The molecule has 0 aromatic carbocycles. The Labute approximate surface area is 795 Å². The van der Waals surface area contributed by atoms with Crippen molar-refractivity contribution in [3.05, 3.63) is 0 Å². The van der Waals surface area contributed by atoms with Crippen LogP contribution in [0.25, 0.3) is 0 Å². The van der Waals surface area contributed by atoms with E-state index in [2.05, 4.69) is 58.5 Å². The molecule has 4 fully saturated rings. The fraction of sp³-hybridized carbons (Fsp3) is 0.854. The molecule has 136 heavy (non-hydrogen) atoms. The molecule has 20 N–H and O–H groups in total. The molecule has 47 heteroatoms. The molecule has 784 valence electrons. The van der Waals surface area contributed by atoms with Gasteiger partial charge in [-0.3, -0.25) is 47.9 Å². The van der Waals surface area contributed by atoms with Gasteiger partial charge in [0.15, 0.2) is 24.7 Å². The molecule has 4 aliphatic heterocycles. The molecule has 0 aliphatic carbocycles. The molecule has 4 rings (SSSR count). The molecule has 15 unspecified atom stereocenters. The van der Waals surface area contributed by atoms with Crippen molar-refractivity contribution in [1.29, 1.82) is 0 Å². The van der Waals surface area contributed by atoms with E-state index < -0.39 is 165 Å². The Balaban J connectivity index is 1.29. The van der Waals surface area contributed by atoms with Gasteiger partial charge in [-0.2, -0.15) is 0 Å². The van der Waals surface area contributed by atoms with Gasteiger partial charge in [0.1, 0.15) is 79.7 Å². The average molecular weight is 1960 g/mol. The fourth-order valence-electron chi connectivity index (χ4n) is 15.8. The molecule has 0 spiro atoms. The van der Waals surface area contributed by atoms with Gasteiger partial charge in [0, 0.05) is 138 Å². The maximum atomic E-state index is 14.1. The highest BCUT2D eigenvalue weighted by Gasteiger charge is 2.49. The maximum Gasteiger partial charge on any atom is 0.407 e. The summed E-state index contributed by atoms with van der Waals surface area (Å²) in [6, 6.07) is -3.38. The molecule has 0 saturated carbocycles. The number of hydrogen-bond acceptors (Lipinski definition) is 35. The molecule has 4 heterocycles. The first kappa shape index (κ1) is 120. The largest absolute Gasteiger partial charge is 0.450 e. The fourth-order valence-corrected chi connectivity index (χ4v) is 15.8. The number of nitrogens with one attached hydrogen (secondary N) is 11. The molecule has 4 saturated heterocycles. The summed E-state index contributed by atoms with van der Waals surface area (Å²) in [6.45, 7) is 4.85. The lowest BCUT2D eigenvalue weighted by Gasteiger charge is -2.42. The van der Waals surface area contributed by atoms with E-state index in [1.54, 1.807) is 19.1 Å². The predicted octanol–water partition coefficient (Wildman–Crippen LogP) is -2.07. The Kier molecular flexibility index (Phi) is 63.1. The van der Waals surface area contributed by atoms with Crippen LogP contribution in [0.1, 0.15) is 220 Å². The van der Waals surface area contributed by atoms with E-state index in [9.17, 15) is 108 Å². The lowest BCUT2D eigenvalue weighted by atomic mass is 9.83. The van der Waals surface area contributed by atoms with Crippen molar-refractivity contribution in [2.75, 3.05) is 159 Å². The van der Waals surface area contributed by atoms with Crippen LogP contribution in [0.4, 0.5) is 14.4 Å². The number of carbonyl (C=O) groups excluding carboxylic acids is 13. The number of rotatable bonds is 74. The molecule has 0 aromatic heterocycles. The smallest absolute Gasteiger partial charge is 0.407 e. The van der Waals surface area contributed by atoms with Gasteiger partial charge in [0.2, 0.25) is 53.2 Å². The monoisotopic (exact) mass is 1960 g/mol. The average Bonchev–Trinajstić information content (AvgIpc) is 1.50. The topological polar surface area (TPSA) is 660 Å². The van der Waals surface area contributed by atoms with Gasteiger partial charge in [-0.1, -0.05) is 38.5 Å². The predicted molar refractivity (Wildman–Crippen MR) is 483 cm³/mol. The summed E-state index contributed by atoms with van der Waals surface area (Å²) < 4.78 is 72.4. The second-order valence-electron chi connectivity index (χ2n) is 34.4. The zero-order valence-corrected chi connectivity index (χ0v) is 79.9. The summed E-state index contributed by atoms with van der Waals surface area (Å²) in [6.07, 6.45) is -5.76. The summed E-state index contributed by atoms with van der Waals surface area (Å²) in [5, 5.41) is 121. The van der Waals surface area contributed by atoms with E-state index in [4.69, 9.17) is 61.6 Å². The van der Waals surface area contributed by atoms with E-state index in [0.717, 1.165) is 19.3 Å². The zero-order chi connectivity index (χ0) is 99.8. The van der Waals surface area contributed by atoms with Crippen LogP contribution in [0.2, 0.25) is 0 Å². The highest BCUT2D eigenvalue weighted by atomic mass is 16.7. The third-order valence-electron chi connectivity index (χ3n) is 23.1. The van der Waals surface area contributed by atoms with Crippen molar-refractivity contribution in [2.24, 2.45) is 0 Å². The van der Waals surface area contributed by atoms with Crippen molar-refractivity contribution in [1.82, 2.24) is 63.4 Å². The number of carbonyl (C=O) groups is 13. The quantitative estimate of drug-likeness (QED) is 0.0230. The van der Waals surface area contributed by atoms with Crippen LogP contribution in [0, 0.1) is 0 Å². The second-order valence-corrected chi connectivity index (χ2v) is 34.4. The SMILES string of the molecule is COC[C@H]1C[C@H](OC)CN1C(=O)CCCCC(=O)COCCOCCNC(=O)CCC(=O)NC(CCCOC(=O)NCCCCCCNC(=O)CCCOC1OC(CO)C(O)C(O)C1NC(C)=O)(CCCOC(=O)NCCCCCCNC(=O)CCCOC1OC(CO)C(O)C(O)C1NC(C)=O)CCCOC(=O)NCCCCCCNC(=O)CCCOC1OC(CO)C(O)C(O)C1NC(C)=O. The van der Waals surface area contributed by atoms with E-state index >= 15 is 0 Å². The van der Waals surface area contributed by atoms with Crippen LogP contribution in [0.3, 0.4) is 0 Å². The highest BCUT2D eigenvalue weighted by Crippen LogP contribution is 2.30. The minimum absolute atomic E-state index is 0.00452. The lowest BCUT2D eigenvalue weighted by molar-refractivity contribution is -0.270. The van der Waals surface area contributed by atoms with E-state index in [1.165, 1.54) is 20.8 Å². The number of likely N-dealkylation sites (tertiary alicyclic amines) is 1. The summed E-state index contributed by atoms with van der Waals surface area (Å²) in [4.78, 5) is 167. The van der Waals surface area contributed by atoms with Crippen molar-refractivity contribution >= 4 is 77.2 Å². The minimum atomic E-state index is -1.47. The van der Waals surface area contributed by atoms with Gasteiger partial charge in [-0.25, -0.2) is 14.4 Å². The Bertz CT molecular complexity index is 3190. The Morgan fingerprint density at radius 1 is 0.360 bits per heavy atom. The molecular weight excluding hydrogens is 1800 g/mol. The normalized spacial score (nSPS) is 23.5. The third-order valence-corrected chi connectivity index (χ3v) is 23.1. The van der Waals surface area contributed by atoms with Crippen LogP contribution in [0.5, 0.6) is 0 Å². The number of ketones is 1. The summed E-state index contributed by atoms with van der Waals surface area (Å²) in [5.41, 5.74) is -1.11. The van der Waals surface area contributed by atoms with Crippen LogP contribution in [-0.4, -0.2) is 397 Å². The molecule has 17 atom stereocenters. The highest BCUT2D eigenvalue weighted by molar-refractivity contribution is 5.84. The number of ether oxygens (including phenoxy) is 13. The van der Waals surface area contributed by atoms with Gasteiger partial charge in [-0.15, -0.1) is 0 Å². The van der Waals surface area contributed by atoms with Crippen molar-refractivity contribution in [3.63, 3.8) is 0 Å². The molecule has 47 nitrogen and oxygen atoms in total. The second kappa shape index (κ2) is 71.4. The summed E-state index contributed by atoms with van der Waals surface area (Å²) >= 11 is 0. The van der Waals surface area contributed by atoms with Gasteiger partial charge in [0.25, 0.3) is 0 Å². The summed E-state index contributed by atoms with van der Waals surface area (Å²) in [5.74, 6) is -3.28. The maximum absolute atomic E-state index is 14.1. The van der Waals surface area contributed by atoms with Gasteiger partial charge in [-0.05, 0) is 116 Å². The molecule has 0 radical (unpaired) electrons. The number of hydrogen-bond donors (Lipinski definition) is 20. The molecule has 12 amide bonds. The molecule has 4 aliphatic rings. The van der Waals surface area contributed by atoms with Gasteiger partial charge in [0.05, 0.1) is 98.0 Å². The number of unbranched alkanes of at least 4 members (excludes halogenated alkanes) is 10. The Morgan fingerprint density at radius 3 is 1.07 bits per heavy atom. The first-order valence-corrected chi connectivity index (χ1v) is 48.0. The van der Waals surface area contributed by atoms with E-state index in [1.807, 2.05) is 0 Å². The number of alkyl carbamates (subject to hydrolysis) is 3. The standard InChI is InChI=1S/C89H158N12O35/c1-59(105)97-74-80(118)77(115)65(54-102)134-83(74)128-43-20-27-68(109)90-36-14-6-9-17-39-94-86(121)131-46-23-33-89(100-72(113)32-31-71(112)93-42-49-126-50-51-127-58-63(108)26-12-13-30-73(114)101-53-64(125-5)52-62(101)57-124-4,34-24-47-132-87(122)95-40-18-10-7-15-37-91-69(110)28-21-44-129-84-75(98-60(2)106)81(119)78(116)66(55-103)135-84)35-25-48-133-88(123)96-41-19-11-8-16-38-92-70(111)29-22-45-130-85-76(99-61(3)107)82(120)79(117)67(56-104)136-85/h62,64-67,74-85,102-104,115-120H,6-58H2,1-5H3,(H,90,109)(H,91,110)(H,92,111)(H,93,112)(H,94,121)(H,95,122)(H,96,123)(H,97,105)(H,98,106)(H,99,107)(H,100,113)/t62-,64+,65?,66?,67?,74?,75?,76?,77?,78?,79?,80?,81?,82?,83?,84?,85?,89?/m1/s1. The van der Waals surface area contributed by atoms with Crippen molar-refractivity contribution < 1.29 is 170 Å². The zero-order valence-electron chi connectivity index (χ0n) is 79.9. The lowest BCUT2D eigenvalue weighted by Crippen LogP contribution is -2.64. The number of aliphatic hydroxyl groups excluding tert-OH is 9. The van der Waals surface area contributed by atoms with E-state index in [-0.39, 0.29) is 230 Å². The van der Waals surface area contributed by atoms with Gasteiger partial charge < -0.3 is 171 Å². The Hall–Kier alpha value is -8.05. The number of Topliss-reactive ketones (excluding diaryl/α,β-unsaturated/α-hetero) is 1. The van der Waals surface area contributed by atoms with Crippen LogP contribution < -0.4 is 58.5 Å². The molecular formula is C89H158N12O35. The number of methoxy groups -OCH3 is 2. The van der Waals surface area contributed by atoms with Crippen LogP contribution in [-0.2, 0) is 110 Å². The number of nitrogens with zero attached hydrogens (tertiary/aromatic N) is 1. The first-order chi connectivity index (χ1) is 65.4. The molecule has 0 aromatic rings. The van der Waals surface area contributed by atoms with E-state index in [0.29, 0.717) is 116 Å². The molecule has 0 bridgehead atoms. The van der Waals surface area contributed by atoms with Crippen LogP contribution >= 0.6 is 0 Å². The number of aliphatic hydroxyl groups is 9. The Morgan fingerprint density at radius 2 is 0.706 bits per heavy atom. The van der Waals surface area contributed by atoms with Gasteiger partial charge >= 0.3 is 18.3 Å². The van der Waals surface area contributed by atoms with Crippen molar-refractivity contribution in [3.8, 4) is 0 Å². The third kappa shape index (κ3) is 50.7. The van der Waals surface area contributed by atoms with Crippen molar-refractivity contribution in [2.45, 2.75) is 329 Å². The summed E-state index contributed by atoms with van der Waals surface area (Å²) in [7, 11) is 3.21. The van der Waals surface area contributed by atoms with Crippen LogP contribution in [0.15, 0.2) is 0 Å².